The number of aryl methyl sites for hydroxylation is 2. The Balaban J connectivity index is 2.47. The van der Waals surface area contributed by atoms with Gasteiger partial charge < -0.3 is 9.84 Å². The molecule has 0 spiro atoms. The normalized spacial score (nSPS) is 10.3. The fourth-order valence-electron chi connectivity index (χ4n) is 1.70. The smallest absolute Gasteiger partial charge is 0.341 e. The van der Waals surface area contributed by atoms with Crippen molar-refractivity contribution in [1.29, 1.82) is 0 Å². The summed E-state index contributed by atoms with van der Waals surface area (Å²) in [6, 6.07) is 3.40. The number of hydrogen-bond donors (Lipinski definition) is 1. The maximum atomic E-state index is 11.3. The van der Waals surface area contributed by atoms with Crippen LogP contribution in [0.2, 0.25) is 0 Å². The van der Waals surface area contributed by atoms with Crippen molar-refractivity contribution < 1.29 is 14.6 Å². The van der Waals surface area contributed by atoms with Gasteiger partial charge in [0.15, 0.2) is 0 Å². The molecule has 0 aliphatic heterocycles. The molecule has 0 aliphatic rings. The quantitative estimate of drug-likeness (QED) is 0.938. The van der Waals surface area contributed by atoms with Crippen molar-refractivity contribution >= 4 is 21.9 Å². The second kappa shape index (κ2) is 5.36. The Labute approximate surface area is 118 Å². The molecule has 2 rings (SSSR count). The predicted molar refractivity (Wildman–Crippen MR) is 72.7 cm³/mol. The molecular weight excluding hydrogens is 312 g/mol. The van der Waals surface area contributed by atoms with Gasteiger partial charge in [0, 0.05) is 16.4 Å². The Hall–Kier alpha value is -1.95. The van der Waals surface area contributed by atoms with E-state index < -0.39 is 5.97 Å². The Morgan fingerprint density at radius 3 is 2.68 bits per heavy atom. The molecule has 19 heavy (non-hydrogen) atoms. The van der Waals surface area contributed by atoms with Crippen LogP contribution in [0.4, 0.5) is 0 Å². The number of nitrogens with zero attached hydrogens (tertiary/aromatic N) is 2. The van der Waals surface area contributed by atoms with Gasteiger partial charge in [-0.15, -0.1) is 0 Å². The van der Waals surface area contributed by atoms with E-state index in [1.807, 2.05) is 0 Å². The van der Waals surface area contributed by atoms with Crippen LogP contribution in [0.3, 0.4) is 0 Å². The maximum Gasteiger partial charge on any atom is 0.341 e. The summed E-state index contributed by atoms with van der Waals surface area (Å²) in [6.45, 7) is 3.49. The van der Waals surface area contributed by atoms with Crippen molar-refractivity contribution in [2.45, 2.75) is 13.8 Å². The molecule has 0 bridgehead atoms. The van der Waals surface area contributed by atoms with Crippen molar-refractivity contribution in [1.82, 2.24) is 9.97 Å². The molecular formula is C13H11BrN2O3. The van der Waals surface area contributed by atoms with E-state index in [0.29, 0.717) is 17.0 Å². The third-order valence-corrected chi connectivity index (χ3v) is 2.85. The monoisotopic (exact) mass is 322 g/mol. The zero-order valence-electron chi connectivity index (χ0n) is 10.3. The Kier molecular flexibility index (Phi) is 3.80. The second-order valence-corrected chi connectivity index (χ2v) is 4.92. The zero-order valence-corrected chi connectivity index (χ0v) is 11.9. The van der Waals surface area contributed by atoms with Crippen LogP contribution in [0.1, 0.15) is 21.6 Å². The van der Waals surface area contributed by atoms with Gasteiger partial charge in [0.2, 0.25) is 5.88 Å². The maximum absolute atomic E-state index is 11.3. The first kappa shape index (κ1) is 13.5. The number of carbonyl (C=O) groups is 1. The topological polar surface area (TPSA) is 72.3 Å². The summed E-state index contributed by atoms with van der Waals surface area (Å²) < 4.78 is 6.27. The van der Waals surface area contributed by atoms with Crippen LogP contribution in [0.25, 0.3) is 0 Å². The molecule has 6 heteroatoms. The highest BCUT2D eigenvalue weighted by molar-refractivity contribution is 9.10. The van der Waals surface area contributed by atoms with E-state index in [2.05, 4.69) is 25.9 Å². The Morgan fingerprint density at radius 1 is 1.32 bits per heavy atom. The fraction of sp³-hybridized carbons (Fsp3) is 0.154. The fourth-order valence-corrected chi connectivity index (χ4v) is 2.04. The van der Waals surface area contributed by atoms with Crippen molar-refractivity contribution in [3.63, 3.8) is 0 Å². The standard InChI is InChI=1S/C13H11BrN2O3/c1-7-3-8(2)16-12(11(7)13(17)18)19-10-4-9(14)5-15-6-10/h3-6H,1-2H3,(H,17,18). The lowest BCUT2D eigenvalue weighted by molar-refractivity contribution is 0.0692. The second-order valence-electron chi connectivity index (χ2n) is 4.01. The van der Waals surface area contributed by atoms with Crippen molar-refractivity contribution in [3.05, 3.63) is 45.8 Å². The van der Waals surface area contributed by atoms with Gasteiger partial charge in [-0.3, -0.25) is 4.98 Å². The summed E-state index contributed by atoms with van der Waals surface area (Å²) in [4.78, 5) is 19.4. The minimum atomic E-state index is -1.07. The minimum absolute atomic E-state index is 0.0607. The molecule has 2 heterocycles. The molecule has 2 aromatic heterocycles. The third kappa shape index (κ3) is 3.08. The van der Waals surface area contributed by atoms with Crippen LogP contribution in [0.5, 0.6) is 11.6 Å². The molecule has 0 aliphatic carbocycles. The molecule has 0 radical (unpaired) electrons. The average Bonchev–Trinajstić information content (AvgIpc) is 2.26. The molecule has 2 aromatic rings. The molecule has 0 saturated carbocycles. The molecule has 0 saturated heterocycles. The van der Waals surface area contributed by atoms with Gasteiger partial charge in [-0.1, -0.05) is 0 Å². The van der Waals surface area contributed by atoms with Gasteiger partial charge in [-0.05, 0) is 47.5 Å². The molecule has 0 fully saturated rings. The first-order chi connectivity index (χ1) is 8.97. The number of ether oxygens (including phenoxy) is 1. The number of carboxylic acid groups (broad SMARTS) is 1. The van der Waals surface area contributed by atoms with Gasteiger partial charge in [0.1, 0.15) is 11.3 Å². The molecule has 0 amide bonds. The van der Waals surface area contributed by atoms with Crippen LogP contribution in [0.15, 0.2) is 29.0 Å². The van der Waals surface area contributed by atoms with Crippen LogP contribution < -0.4 is 4.74 Å². The molecule has 1 N–H and O–H groups in total. The van der Waals surface area contributed by atoms with Crippen LogP contribution in [-0.2, 0) is 0 Å². The summed E-state index contributed by atoms with van der Waals surface area (Å²) in [5, 5.41) is 9.23. The third-order valence-electron chi connectivity index (χ3n) is 2.42. The summed E-state index contributed by atoms with van der Waals surface area (Å²) in [5.74, 6) is -0.567. The lowest BCUT2D eigenvalue weighted by Gasteiger charge is -2.10. The van der Waals surface area contributed by atoms with E-state index in [1.165, 1.54) is 6.20 Å². The predicted octanol–water partition coefficient (Wildman–Crippen LogP) is 3.35. The van der Waals surface area contributed by atoms with Crippen LogP contribution >= 0.6 is 15.9 Å². The summed E-state index contributed by atoms with van der Waals surface area (Å²) in [7, 11) is 0. The zero-order chi connectivity index (χ0) is 14.0. The summed E-state index contributed by atoms with van der Waals surface area (Å²) in [6.07, 6.45) is 3.11. The molecule has 0 aromatic carbocycles. The average molecular weight is 323 g/mol. The number of carboxylic acids is 1. The van der Waals surface area contributed by atoms with Crippen LogP contribution in [-0.4, -0.2) is 21.0 Å². The Bertz CT molecular complexity index is 644. The lowest BCUT2D eigenvalue weighted by Crippen LogP contribution is -2.06. The molecule has 5 nitrogen and oxygen atoms in total. The molecule has 0 unspecified atom stereocenters. The van der Waals surface area contributed by atoms with Crippen LogP contribution in [0, 0.1) is 13.8 Å². The number of aromatic nitrogens is 2. The van der Waals surface area contributed by atoms with Gasteiger partial charge >= 0.3 is 5.97 Å². The molecule has 98 valence electrons. The first-order valence-corrected chi connectivity index (χ1v) is 6.26. The number of hydrogen-bond acceptors (Lipinski definition) is 4. The number of halogens is 1. The minimum Gasteiger partial charge on any atom is -0.477 e. The SMILES string of the molecule is Cc1cc(C)c(C(=O)O)c(Oc2cncc(Br)c2)n1. The first-order valence-electron chi connectivity index (χ1n) is 5.47. The Morgan fingerprint density at radius 2 is 2.05 bits per heavy atom. The van der Waals surface area contributed by atoms with Crippen molar-refractivity contribution in [3.8, 4) is 11.6 Å². The van der Waals surface area contributed by atoms with Gasteiger partial charge in [0.25, 0.3) is 0 Å². The van der Waals surface area contributed by atoms with E-state index in [9.17, 15) is 9.90 Å². The van der Waals surface area contributed by atoms with E-state index in [4.69, 9.17) is 4.74 Å². The number of pyridine rings is 2. The van der Waals surface area contributed by atoms with E-state index in [-0.39, 0.29) is 11.4 Å². The van der Waals surface area contributed by atoms with Gasteiger partial charge in [-0.25, -0.2) is 9.78 Å². The van der Waals surface area contributed by atoms with E-state index in [1.54, 1.807) is 32.2 Å². The molecule has 0 atom stereocenters. The van der Waals surface area contributed by atoms with Crippen molar-refractivity contribution in [2.75, 3.05) is 0 Å². The van der Waals surface area contributed by atoms with Gasteiger partial charge in [-0.2, -0.15) is 0 Å². The summed E-state index contributed by atoms with van der Waals surface area (Å²) in [5.41, 5.74) is 1.36. The highest BCUT2D eigenvalue weighted by Crippen LogP contribution is 2.27. The largest absolute Gasteiger partial charge is 0.477 e. The van der Waals surface area contributed by atoms with E-state index >= 15 is 0 Å². The summed E-state index contributed by atoms with van der Waals surface area (Å²) >= 11 is 3.27. The van der Waals surface area contributed by atoms with Crippen molar-refractivity contribution in [2.24, 2.45) is 0 Å². The number of aromatic carboxylic acids is 1. The highest BCUT2D eigenvalue weighted by atomic mass is 79.9. The van der Waals surface area contributed by atoms with E-state index in [0.717, 1.165) is 4.47 Å². The number of rotatable bonds is 3. The van der Waals surface area contributed by atoms with Gasteiger partial charge in [0.05, 0.1) is 6.20 Å². The highest BCUT2D eigenvalue weighted by Gasteiger charge is 2.17. The lowest BCUT2D eigenvalue weighted by atomic mass is 10.1.